The average Bonchev–Trinajstić information content (AvgIpc) is 3.34. The van der Waals surface area contributed by atoms with Gasteiger partial charge in [-0.15, -0.1) is 0 Å². The third-order valence-electron chi connectivity index (χ3n) is 4.29. The molecule has 0 radical (unpaired) electrons. The highest BCUT2D eigenvalue weighted by Crippen LogP contribution is 2.23. The zero-order valence-electron chi connectivity index (χ0n) is 14.2. The molecule has 0 bridgehead atoms. The molecule has 0 unspecified atom stereocenters. The first kappa shape index (κ1) is 16.2. The van der Waals surface area contributed by atoms with Crippen LogP contribution in [0.4, 0.5) is 11.6 Å². The average molecular weight is 354 g/mol. The summed E-state index contributed by atoms with van der Waals surface area (Å²) in [6.45, 7) is 3.20. The third kappa shape index (κ3) is 3.39. The summed E-state index contributed by atoms with van der Waals surface area (Å²) in [6, 6.07) is 3.54. The van der Waals surface area contributed by atoms with Crippen molar-refractivity contribution in [2.24, 2.45) is 5.92 Å². The lowest BCUT2D eigenvalue weighted by Gasteiger charge is -2.32. The number of piperidine rings is 1. The maximum absolute atomic E-state index is 12.5. The van der Waals surface area contributed by atoms with Gasteiger partial charge in [-0.2, -0.15) is 5.10 Å². The Bertz CT molecular complexity index is 891. The highest BCUT2D eigenvalue weighted by molar-refractivity contribution is 5.92. The monoisotopic (exact) mass is 354 g/mol. The second-order valence-corrected chi connectivity index (χ2v) is 6.17. The molecule has 1 atom stereocenters. The molecular formula is C16H18N8O2. The molecule has 1 fully saturated rings. The molecule has 0 aromatic carbocycles. The van der Waals surface area contributed by atoms with Crippen molar-refractivity contribution in [2.75, 3.05) is 23.3 Å². The van der Waals surface area contributed by atoms with Gasteiger partial charge in [-0.1, -0.05) is 5.16 Å². The highest BCUT2D eigenvalue weighted by atomic mass is 16.5. The first-order chi connectivity index (χ1) is 12.7. The van der Waals surface area contributed by atoms with E-state index in [-0.39, 0.29) is 11.8 Å². The smallest absolute Gasteiger partial charge is 0.230 e. The van der Waals surface area contributed by atoms with Crippen LogP contribution < -0.4 is 10.2 Å². The summed E-state index contributed by atoms with van der Waals surface area (Å²) in [5.41, 5.74) is 0. The minimum atomic E-state index is -0.148. The van der Waals surface area contributed by atoms with Gasteiger partial charge >= 0.3 is 0 Å². The van der Waals surface area contributed by atoms with Crippen molar-refractivity contribution < 1.29 is 9.32 Å². The van der Waals surface area contributed by atoms with E-state index in [4.69, 9.17) is 4.52 Å². The fourth-order valence-corrected chi connectivity index (χ4v) is 3.01. The molecule has 1 saturated heterocycles. The van der Waals surface area contributed by atoms with Crippen LogP contribution in [0, 0.1) is 12.8 Å². The van der Waals surface area contributed by atoms with Crippen LogP contribution in [0.5, 0.6) is 0 Å². The fraction of sp³-hybridized carbons (Fsp3) is 0.375. The summed E-state index contributed by atoms with van der Waals surface area (Å²) in [5, 5.41) is 10.7. The van der Waals surface area contributed by atoms with E-state index in [1.807, 2.05) is 6.07 Å². The molecule has 1 amide bonds. The molecule has 4 heterocycles. The van der Waals surface area contributed by atoms with Gasteiger partial charge in [0.25, 0.3) is 0 Å². The normalized spacial score (nSPS) is 17.3. The van der Waals surface area contributed by atoms with E-state index in [1.165, 1.54) is 12.7 Å². The Morgan fingerprint density at radius 3 is 2.92 bits per heavy atom. The van der Waals surface area contributed by atoms with Gasteiger partial charge in [-0.05, 0) is 19.8 Å². The first-order valence-corrected chi connectivity index (χ1v) is 8.35. The van der Waals surface area contributed by atoms with Gasteiger partial charge in [0.1, 0.15) is 30.6 Å². The van der Waals surface area contributed by atoms with Crippen molar-refractivity contribution in [3.8, 4) is 5.82 Å². The summed E-state index contributed by atoms with van der Waals surface area (Å²) < 4.78 is 6.56. The molecule has 4 rings (SSSR count). The Balaban J connectivity index is 1.46. The van der Waals surface area contributed by atoms with Crippen molar-refractivity contribution in [2.45, 2.75) is 19.8 Å². The predicted molar refractivity (Wildman–Crippen MR) is 91.8 cm³/mol. The van der Waals surface area contributed by atoms with E-state index < -0.39 is 0 Å². The van der Waals surface area contributed by atoms with E-state index in [0.29, 0.717) is 23.9 Å². The zero-order chi connectivity index (χ0) is 17.9. The van der Waals surface area contributed by atoms with Crippen LogP contribution in [0.2, 0.25) is 0 Å². The van der Waals surface area contributed by atoms with Crippen molar-refractivity contribution in [1.82, 2.24) is 29.9 Å². The van der Waals surface area contributed by atoms with Crippen molar-refractivity contribution >= 4 is 17.5 Å². The zero-order valence-corrected chi connectivity index (χ0v) is 14.2. The number of nitrogens with zero attached hydrogens (tertiary/aromatic N) is 7. The Hall–Kier alpha value is -3.30. The summed E-state index contributed by atoms with van der Waals surface area (Å²) >= 11 is 0. The van der Waals surface area contributed by atoms with Gasteiger partial charge in [0.15, 0.2) is 11.6 Å². The number of anilines is 2. The van der Waals surface area contributed by atoms with E-state index in [9.17, 15) is 4.79 Å². The highest BCUT2D eigenvalue weighted by Gasteiger charge is 2.27. The lowest BCUT2D eigenvalue weighted by molar-refractivity contribution is -0.120. The number of hydrogen-bond acceptors (Lipinski definition) is 8. The molecule has 0 saturated carbocycles. The van der Waals surface area contributed by atoms with Crippen LogP contribution in [-0.4, -0.2) is 48.9 Å². The molecule has 10 heteroatoms. The second kappa shape index (κ2) is 6.90. The van der Waals surface area contributed by atoms with Gasteiger partial charge in [0, 0.05) is 25.2 Å². The van der Waals surface area contributed by atoms with E-state index in [1.54, 1.807) is 24.0 Å². The second-order valence-electron chi connectivity index (χ2n) is 6.17. The standard InChI is InChI=1S/C16H18N8O2/c1-11-5-13(22-26-11)21-16(25)12-3-2-4-23(7-12)14-6-15(19-9-18-14)24-10-17-8-20-24/h5-6,8-10,12H,2-4,7H2,1H3,(H,21,22,25)/t12-/m0/s1. The van der Waals surface area contributed by atoms with Gasteiger partial charge in [0.2, 0.25) is 5.91 Å². The predicted octanol–water partition coefficient (Wildman–Crippen LogP) is 1.21. The maximum Gasteiger partial charge on any atom is 0.230 e. The van der Waals surface area contributed by atoms with Gasteiger partial charge in [-0.25, -0.2) is 19.6 Å². The number of carbonyl (C=O) groups is 1. The van der Waals surface area contributed by atoms with Crippen LogP contribution in [0.1, 0.15) is 18.6 Å². The fourth-order valence-electron chi connectivity index (χ4n) is 3.01. The number of aromatic nitrogens is 6. The Kier molecular flexibility index (Phi) is 4.30. The molecule has 1 aliphatic heterocycles. The number of amides is 1. The van der Waals surface area contributed by atoms with Crippen LogP contribution in [-0.2, 0) is 4.79 Å². The molecular weight excluding hydrogens is 336 g/mol. The summed E-state index contributed by atoms with van der Waals surface area (Å²) in [6.07, 6.45) is 6.25. The quantitative estimate of drug-likeness (QED) is 0.743. The summed E-state index contributed by atoms with van der Waals surface area (Å²) in [5.74, 6) is 2.30. The van der Waals surface area contributed by atoms with E-state index in [2.05, 4.69) is 35.4 Å². The molecule has 3 aromatic heterocycles. The van der Waals surface area contributed by atoms with Crippen LogP contribution in [0.15, 0.2) is 35.6 Å². The summed E-state index contributed by atoms with van der Waals surface area (Å²) in [7, 11) is 0. The number of carbonyl (C=O) groups excluding carboxylic acids is 1. The van der Waals surface area contributed by atoms with Crippen LogP contribution in [0.25, 0.3) is 5.82 Å². The van der Waals surface area contributed by atoms with E-state index >= 15 is 0 Å². The summed E-state index contributed by atoms with van der Waals surface area (Å²) in [4.78, 5) is 27.1. The Labute approximate surface area is 149 Å². The van der Waals surface area contributed by atoms with Crippen LogP contribution >= 0.6 is 0 Å². The Morgan fingerprint density at radius 1 is 1.27 bits per heavy atom. The van der Waals surface area contributed by atoms with Gasteiger partial charge in [-0.3, -0.25) is 4.79 Å². The number of rotatable bonds is 4. The molecule has 0 aliphatic carbocycles. The van der Waals surface area contributed by atoms with Crippen molar-refractivity contribution in [1.29, 1.82) is 0 Å². The molecule has 134 valence electrons. The first-order valence-electron chi connectivity index (χ1n) is 8.35. The topological polar surface area (TPSA) is 115 Å². The van der Waals surface area contributed by atoms with Crippen molar-refractivity contribution in [3.05, 3.63) is 36.9 Å². The molecule has 0 spiro atoms. The molecule has 1 N–H and O–H groups in total. The third-order valence-corrected chi connectivity index (χ3v) is 4.29. The SMILES string of the molecule is Cc1cc(NC(=O)[C@H]2CCCN(c3cc(-n4cncn4)ncn3)C2)no1. The minimum absolute atomic E-state index is 0.0615. The minimum Gasteiger partial charge on any atom is -0.360 e. The largest absolute Gasteiger partial charge is 0.360 e. The number of aryl methyl sites for hydroxylation is 1. The lowest BCUT2D eigenvalue weighted by Crippen LogP contribution is -2.41. The molecule has 10 nitrogen and oxygen atoms in total. The number of nitrogens with one attached hydrogen (secondary N) is 1. The molecule has 3 aromatic rings. The molecule has 1 aliphatic rings. The van der Waals surface area contributed by atoms with Crippen LogP contribution in [0.3, 0.4) is 0 Å². The lowest BCUT2D eigenvalue weighted by atomic mass is 9.97. The van der Waals surface area contributed by atoms with Gasteiger partial charge in [0.05, 0.1) is 5.92 Å². The Morgan fingerprint density at radius 2 is 2.15 bits per heavy atom. The van der Waals surface area contributed by atoms with E-state index in [0.717, 1.165) is 25.2 Å². The van der Waals surface area contributed by atoms with Gasteiger partial charge < -0.3 is 14.7 Å². The molecule has 26 heavy (non-hydrogen) atoms. The number of hydrogen-bond donors (Lipinski definition) is 1. The maximum atomic E-state index is 12.5. The van der Waals surface area contributed by atoms with Crippen molar-refractivity contribution in [3.63, 3.8) is 0 Å².